The lowest BCUT2D eigenvalue weighted by Crippen LogP contribution is -1.91. The Labute approximate surface area is 163 Å². The quantitative estimate of drug-likeness (QED) is 0.380. The molecule has 5 aromatic rings. The van der Waals surface area contributed by atoms with Crippen LogP contribution in [-0.4, -0.2) is 9.97 Å². The van der Waals surface area contributed by atoms with E-state index in [1.807, 2.05) is 12.3 Å². The Hall–Kier alpha value is -3.46. The summed E-state index contributed by atoms with van der Waals surface area (Å²) in [4.78, 5) is 9.41. The van der Waals surface area contributed by atoms with Gasteiger partial charge in [0, 0.05) is 34.6 Å². The molecule has 3 aromatic heterocycles. The first-order valence-corrected chi connectivity index (χ1v) is 9.48. The highest BCUT2D eigenvalue weighted by molar-refractivity contribution is 6.08. The van der Waals surface area contributed by atoms with Gasteiger partial charge in [0.15, 0.2) is 0 Å². The number of benzene rings is 2. The van der Waals surface area contributed by atoms with Gasteiger partial charge in [-0.1, -0.05) is 42.5 Å². The number of hydrogen-bond donors (Lipinski definition) is 0. The molecule has 0 atom stereocenters. The van der Waals surface area contributed by atoms with Crippen LogP contribution in [0.3, 0.4) is 0 Å². The fourth-order valence-corrected chi connectivity index (χ4v) is 3.59. The Morgan fingerprint density at radius 3 is 2.50 bits per heavy atom. The van der Waals surface area contributed by atoms with Gasteiger partial charge < -0.3 is 4.42 Å². The predicted molar refractivity (Wildman–Crippen MR) is 113 cm³/mol. The zero-order valence-electron chi connectivity index (χ0n) is 15.9. The van der Waals surface area contributed by atoms with E-state index in [2.05, 4.69) is 79.5 Å². The molecule has 28 heavy (non-hydrogen) atoms. The molecular formula is C25H20N2O. The minimum absolute atomic E-state index is 0.680. The van der Waals surface area contributed by atoms with E-state index in [0.29, 0.717) is 5.71 Å². The second-order valence-electron chi connectivity index (χ2n) is 7.26. The van der Waals surface area contributed by atoms with E-state index < -0.39 is 0 Å². The van der Waals surface area contributed by atoms with E-state index in [1.54, 1.807) is 0 Å². The van der Waals surface area contributed by atoms with Crippen molar-refractivity contribution in [3.05, 3.63) is 95.3 Å². The Kier molecular flexibility index (Phi) is 3.94. The van der Waals surface area contributed by atoms with E-state index >= 15 is 0 Å². The van der Waals surface area contributed by atoms with Crippen molar-refractivity contribution in [2.75, 3.05) is 0 Å². The molecule has 3 heteroatoms. The molecule has 3 nitrogen and oxygen atoms in total. The van der Waals surface area contributed by atoms with Gasteiger partial charge in [0.25, 0.3) is 0 Å². The standard InChI is InChI=1S/C25H20N2O/c1-16-13-23(26-15-17(16)2)22-10-6-9-20-21-12-11-19(27-25(21)28-24(20)22)14-18-7-4-3-5-8-18/h3-13,15H,14H2,1-2H3. The van der Waals surface area contributed by atoms with Crippen molar-refractivity contribution in [3.63, 3.8) is 0 Å². The van der Waals surface area contributed by atoms with Crippen LogP contribution in [-0.2, 0) is 6.42 Å². The van der Waals surface area contributed by atoms with E-state index in [0.717, 1.165) is 39.7 Å². The van der Waals surface area contributed by atoms with Crippen LogP contribution < -0.4 is 0 Å². The highest BCUT2D eigenvalue weighted by Crippen LogP contribution is 2.35. The second-order valence-corrected chi connectivity index (χ2v) is 7.26. The summed E-state index contributed by atoms with van der Waals surface area (Å²) >= 11 is 0. The normalized spacial score (nSPS) is 11.4. The van der Waals surface area contributed by atoms with Crippen molar-refractivity contribution in [3.8, 4) is 11.3 Å². The molecule has 0 aliphatic rings. The van der Waals surface area contributed by atoms with Gasteiger partial charge in [-0.25, -0.2) is 4.98 Å². The third-order valence-corrected chi connectivity index (χ3v) is 5.30. The minimum atomic E-state index is 0.680. The molecule has 136 valence electrons. The topological polar surface area (TPSA) is 38.9 Å². The lowest BCUT2D eigenvalue weighted by atomic mass is 10.0. The summed E-state index contributed by atoms with van der Waals surface area (Å²) in [6.07, 6.45) is 2.71. The van der Waals surface area contributed by atoms with Crippen LogP contribution in [0.15, 0.2) is 77.3 Å². The summed E-state index contributed by atoms with van der Waals surface area (Å²) in [5, 5.41) is 2.11. The van der Waals surface area contributed by atoms with Gasteiger partial charge in [-0.15, -0.1) is 0 Å². The molecule has 2 aromatic carbocycles. The van der Waals surface area contributed by atoms with Gasteiger partial charge in [-0.05, 0) is 54.8 Å². The maximum atomic E-state index is 6.24. The van der Waals surface area contributed by atoms with E-state index in [9.17, 15) is 0 Å². The van der Waals surface area contributed by atoms with Crippen LogP contribution in [0, 0.1) is 13.8 Å². The van der Waals surface area contributed by atoms with E-state index in [1.165, 1.54) is 16.7 Å². The first kappa shape index (κ1) is 16.7. The summed E-state index contributed by atoms with van der Waals surface area (Å²) < 4.78 is 6.24. The molecule has 0 amide bonds. The highest BCUT2D eigenvalue weighted by atomic mass is 16.3. The summed E-state index contributed by atoms with van der Waals surface area (Å²) in [5.41, 5.74) is 8.11. The van der Waals surface area contributed by atoms with Crippen LogP contribution in [0.2, 0.25) is 0 Å². The third kappa shape index (κ3) is 2.85. The van der Waals surface area contributed by atoms with Crippen molar-refractivity contribution < 1.29 is 4.42 Å². The van der Waals surface area contributed by atoms with Crippen LogP contribution in [0.4, 0.5) is 0 Å². The fourth-order valence-electron chi connectivity index (χ4n) is 3.59. The SMILES string of the molecule is Cc1cnc(-c2cccc3c2oc2nc(Cc4ccccc4)ccc23)cc1C. The molecule has 0 fully saturated rings. The van der Waals surface area contributed by atoms with Crippen LogP contribution >= 0.6 is 0 Å². The van der Waals surface area contributed by atoms with Crippen molar-refractivity contribution in [1.29, 1.82) is 0 Å². The molecular weight excluding hydrogens is 344 g/mol. The summed E-state index contributed by atoms with van der Waals surface area (Å²) in [5.74, 6) is 0. The molecule has 0 aliphatic heterocycles. The van der Waals surface area contributed by atoms with E-state index in [-0.39, 0.29) is 0 Å². The zero-order valence-corrected chi connectivity index (χ0v) is 15.9. The van der Waals surface area contributed by atoms with Crippen molar-refractivity contribution in [2.24, 2.45) is 0 Å². The highest BCUT2D eigenvalue weighted by Gasteiger charge is 2.14. The molecule has 0 unspecified atom stereocenters. The lowest BCUT2D eigenvalue weighted by Gasteiger charge is -2.05. The van der Waals surface area contributed by atoms with Gasteiger partial charge in [0.05, 0.1) is 5.69 Å². The fraction of sp³-hybridized carbons (Fsp3) is 0.120. The largest absolute Gasteiger partial charge is 0.437 e. The zero-order chi connectivity index (χ0) is 19.1. The van der Waals surface area contributed by atoms with Gasteiger partial charge in [-0.3, -0.25) is 4.98 Å². The van der Waals surface area contributed by atoms with Gasteiger partial charge in [0.1, 0.15) is 5.58 Å². The minimum Gasteiger partial charge on any atom is -0.437 e. The van der Waals surface area contributed by atoms with Crippen molar-refractivity contribution in [1.82, 2.24) is 9.97 Å². The Morgan fingerprint density at radius 1 is 0.821 bits per heavy atom. The number of para-hydroxylation sites is 1. The van der Waals surface area contributed by atoms with Crippen molar-refractivity contribution in [2.45, 2.75) is 20.3 Å². The smallest absolute Gasteiger partial charge is 0.227 e. The molecule has 0 N–H and O–H groups in total. The third-order valence-electron chi connectivity index (χ3n) is 5.30. The maximum absolute atomic E-state index is 6.24. The summed E-state index contributed by atoms with van der Waals surface area (Å²) in [7, 11) is 0. The first-order valence-electron chi connectivity index (χ1n) is 9.48. The Balaban J connectivity index is 1.64. The van der Waals surface area contributed by atoms with Gasteiger partial charge in [-0.2, -0.15) is 0 Å². The van der Waals surface area contributed by atoms with Crippen molar-refractivity contribution >= 4 is 22.1 Å². The molecule has 0 aliphatic carbocycles. The average molecular weight is 364 g/mol. The number of furan rings is 1. The number of hydrogen-bond acceptors (Lipinski definition) is 3. The van der Waals surface area contributed by atoms with Gasteiger partial charge >= 0.3 is 0 Å². The number of nitrogens with zero attached hydrogens (tertiary/aromatic N) is 2. The molecule has 5 rings (SSSR count). The summed E-state index contributed by atoms with van der Waals surface area (Å²) in [6.45, 7) is 4.18. The second kappa shape index (κ2) is 6.61. The predicted octanol–water partition coefficient (Wildman–Crippen LogP) is 6.25. The maximum Gasteiger partial charge on any atom is 0.227 e. The monoisotopic (exact) mass is 364 g/mol. The number of aromatic nitrogens is 2. The van der Waals surface area contributed by atoms with Crippen LogP contribution in [0.5, 0.6) is 0 Å². The summed E-state index contributed by atoms with van der Waals surface area (Å²) in [6, 6.07) is 22.9. The van der Waals surface area contributed by atoms with Crippen LogP contribution in [0.1, 0.15) is 22.4 Å². The Bertz CT molecular complexity index is 1300. The molecule has 0 spiro atoms. The molecule has 0 radical (unpaired) electrons. The van der Waals surface area contributed by atoms with E-state index in [4.69, 9.17) is 9.40 Å². The first-order chi connectivity index (χ1) is 13.7. The molecule has 3 heterocycles. The van der Waals surface area contributed by atoms with Gasteiger partial charge in [0.2, 0.25) is 5.71 Å². The Morgan fingerprint density at radius 2 is 1.68 bits per heavy atom. The number of aryl methyl sites for hydroxylation is 2. The molecule has 0 saturated heterocycles. The molecule has 0 bridgehead atoms. The molecule has 0 saturated carbocycles. The number of fused-ring (bicyclic) bond motifs is 3. The number of pyridine rings is 2. The van der Waals surface area contributed by atoms with Crippen LogP contribution in [0.25, 0.3) is 33.3 Å². The average Bonchev–Trinajstić information content (AvgIpc) is 3.09. The lowest BCUT2D eigenvalue weighted by molar-refractivity contribution is 0.652. The number of rotatable bonds is 3.